The van der Waals surface area contributed by atoms with E-state index in [9.17, 15) is 0 Å². The molecule has 1 aromatic rings. The topological polar surface area (TPSA) is 56.3 Å². The van der Waals surface area contributed by atoms with Gasteiger partial charge < -0.3 is 10.5 Å². The Kier molecular flexibility index (Phi) is 5.28. The minimum Gasteiger partial charge on any atom is -0.396 e. The standard InChI is InChI=1S/C11H22N4O/c1-4-14(10(2)9-16-3)5-6-15-8-11(12)7-13-15/h7-8,10H,4-6,9,12H2,1-3H3. The van der Waals surface area contributed by atoms with E-state index in [1.807, 2.05) is 10.9 Å². The van der Waals surface area contributed by atoms with Crippen LogP contribution in [0, 0.1) is 0 Å². The Morgan fingerprint density at radius 1 is 1.62 bits per heavy atom. The maximum Gasteiger partial charge on any atom is 0.0719 e. The van der Waals surface area contributed by atoms with Crippen LogP contribution in [0.25, 0.3) is 0 Å². The van der Waals surface area contributed by atoms with Crippen LogP contribution >= 0.6 is 0 Å². The fourth-order valence-corrected chi connectivity index (χ4v) is 1.77. The van der Waals surface area contributed by atoms with E-state index in [-0.39, 0.29) is 0 Å². The molecule has 0 saturated heterocycles. The molecule has 5 nitrogen and oxygen atoms in total. The Morgan fingerprint density at radius 3 is 2.88 bits per heavy atom. The zero-order valence-corrected chi connectivity index (χ0v) is 10.4. The molecule has 5 heteroatoms. The number of anilines is 1. The van der Waals surface area contributed by atoms with Crippen molar-refractivity contribution in [3.8, 4) is 0 Å². The number of nitrogens with two attached hydrogens (primary N) is 1. The molecule has 1 rings (SSSR count). The van der Waals surface area contributed by atoms with Gasteiger partial charge in [-0.05, 0) is 13.5 Å². The number of ether oxygens (including phenoxy) is 1. The van der Waals surface area contributed by atoms with Gasteiger partial charge in [0.15, 0.2) is 0 Å². The first-order chi connectivity index (χ1) is 7.67. The predicted octanol–water partition coefficient (Wildman–Crippen LogP) is 0.822. The van der Waals surface area contributed by atoms with E-state index in [0.717, 1.165) is 26.2 Å². The van der Waals surface area contributed by atoms with Gasteiger partial charge in [-0.1, -0.05) is 6.92 Å². The number of methoxy groups -OCH3 is 1. The minimum atomic E-state index is 0.433. The molecule has 1 aromatic heterocycles. The highest BCUT2D eigenvalue weighted by Gasteiger charge is 2.11. The summed E-state index contributed by atoms with van der Waals surface area (Å²) in [4.78, 5) is 2.36. The maximum atomic E-state index is 5.61. The molecule has 0 saturated carbocycles. The lowest BCUT2D eigenvalue weighted by Crippen LogP contribution is -2.38. The number of nitrogen functional groups attached to an aromatic ring is 1. The molecule has 0 aliphatic carbocycles. The van der Waals surface area contributed by atoms with Crippen molar-refractivity contribution in [3.63, 3.8) is 0 Å². The summed E-state index contributed by atoms with van der Waals surface area (Å²) in [6.45, 7) is 7.92. The van der Waals surface area contributed by atoms with E-state index in [0.29, 0.717) is 11.7 Å². The maximum absolute atomic E-state index is 5.61. The molecule has 1 unspecified atom stereocenters. The van der Waals surface area contributed by atoms with Crippen molar-refractivity contribution in [1.29, 1.82) is 0 Å². The molecule has 0 aromatic carbocycles. The summed E-state index contributed by atoms with van der Waals surface area (Å²) in [7, 11) is 1.73. The van der Waals surface area contributed by atoms with E-state index in [4.69, 9.17) is 10.5 Å². The first-order valence-electron chi connectivity index (χ1n) is 5.68. The summed E-state index contributed by atoms with van der Waals surface area (Å²) in [5.41, 5.74) is 6.32. The second-order valence-corrected chi connectivity index (χ2v) is 3.97. The normalized spacial score (nSPS) is 13.2. The Morgan fingerprint density at radius 2 is 2.38 bits per heavy atom. The molecular weight excluding hydrogens is 204 g/mol. The smallest absolute Gasteiger partial charge is 0.0719 e. The van der Waals surface area contributed by atoms with Gasteiger partial charge in [0.25, 0.3) is 0 Å². The van der Waals surface area contributed by atoms with Gasteiger partial charge in [-0.25, -0.2) is 0 Å². The van der Waals surface area contributed by atoms with Gasteiger partial charge in [0, 0.05) is 25.9 Å². The van der Waals surface area contributed by atoms with Crippen LogP contribution in [0.2, 0.25) is 0 Å². The molecule has 0 aliphatic heterocycles. The average Bonchev–Trinajstić information content (AvgIpc) is 2.65. The van der Waals surface area contributed by atoms with Crippen LogP contribution in [0.5, 0.6) is 0 Å². The first kappa shape index (κ1) is 13.0. The van der Waals surface area contributed by atoms with Crippen molar-refractivity contribution < 1.29 is 4.74 Å². The zero-order valence-electron chi connectivity index (χ0n) is 10.4. The van der Waals surface area contributed by atoms with Crippen molar-refractivity contribution in [2.45, 2.75) is 26.4 Å². The highest BCUT2D eigenvalue weighted by Crippen LogP contribution is 2.02. The quantitative estimate of drug-likeness (QED) is 0.748. The Hall–Kier alpha value is -1.07. The molecule has 0 bridgehead atoms. The third kappa shape index (κ3) is 3.83. The minimum absolute atomic E-state index is 0.433. The van der Waals surface area contributed by atoms with Gasteiger partial charge in [-0.3, -0.25) is 9.58 Å². The highest BCUT2D eigenvalue weighted by molar-refractivity contribution is 5.30. The van der Waals surface area contributed by atoms with Gasteiger partial charge in [0.2, 0.25) is 0 Å². The number of aromatic nitrogens is 2. The summed E-state index contributed by atoms with van der Waals surface area (Å²) in [5, 5.41) is 4.16. The third-order valence-corrected chi connectivity index (χ3v) is 2.71. The zero-order chi connectivity index (χ0) is 12.0. The number of hydrogen-bond donors (Lipinski definition) is 1. The van der Waals surface area contributed by atoms with Crippen molar-refractivity contribution in [2.24, 2.45) is 0 Å². The van der Waals surface area contributed by atoms with Gasteiger partial charge >= 0.3 is 0 Å². The number of rotatable bonds is 7. The molecular formula is C11H22N4O. The fraction of sp³-hybridized carbons (Fsp3) is 0.727. The van der Waals surface area contributed by atoms with Crippen LogP contribution in [0.1, 0.15) is 13.8 Å². The van der Waals surface area contributed by atoms with Crippen LogP contribution in [0.15, 0.2) is 12.4 Å². The second kappa shape index (κ2) is 6.50. The molecule has 0 aliphatic rings. The average molecular weight is 226 g/mol. The SMILES string of the molecule is CCN(CCn1cc(N)cn1)C(C)COC. The Bertz CT molecular complexity index is 300. The lowest BCUT2D eigenvalue weighted by molar-refractivity contribution is 0.0995. The van der Waals surface area contributed by atoms with E-state index in [2.05, 4.69) is 23.8 Å². The van der Waals surface area contributed by atoms with Crippen LogP contribution in [0.3, 0.4) is 0 Å². The predicted molar refractivity (Wildman–Crippen MR) is 65.2 cm³/mol. The van der Waals surface area contributed by atoms with Gasteiger partial charge in [0.05, 0.1) is 25.0 Å². The first-order valence-corrected chi connectivity index (χ1v) is 5.68. The van der Waals surface area contributed by atoms with Gasteiger partial charge in [-0.15, -0.1) is 0 Å². The summed E-state index contributed by atoms with van der Waals surface area (Å²) in [5.74, 6) is 0. The van der Waals surface area contributed by atoms with E-state index >= 15 is 0 Å². The van der Waals surface area contributed by atoms with Crippen LogP contribution < -0.4 is 5.73 Å². The van der Waals surface area contributed by atoms with Crippen LogP contribution in [-0.2, 0) is 11.3 Å². The van der Waals surface area contributed by atoms with Crippen molar-refractivity contribution >= 4 is 5.69 Å². The van der Waals surface area contributed by atoms with Gasteiger partial charge in [-0.2, -0.15) is 5.10 Å². The summed E-state index contributed by atoms with van der Waals surface area (Å²) < 4.78 is 7.03. The molecule has 0 radical (unpaired) electrons. The van der Waals surface area contributed by atoms with Crippen molar-refractivity contribution in [1.82, 2.24) is 14.7 Å². The largest absolute Gasteiger partial charge is 0.396 e. The summed E-state index contributed by atoms with van der Waals surface area (Å²) in [6.07, 6.45) is 3.53. The summed E-state index contributed by atoms with van der Waals surface area (Å²) >= 11 is 0. The highest BCUT2D eigenvalue weighted by atomic mass is 16.5. The molecule has 0 fully saturated rings. The van der Waals surface area contributed by atoms with Crippen molar-refractivity contribution in [3.05, 3.63) is 12.4 Å². The van der Waals surface area contributed by atoms with E-state index in [1.165, 1.54) is 0 Å². The van der Waals surface area contributed by atoms with Crippen LogP contribution in [-0.4, -0.2) is 47.5 Å². The molecule has 1 atom stereocenters. The molecule has 0 spiro atoms. The lowest BCUT2D eigenvalue weighted by atomic mass is 10.3. The second-order valence-electron chi connectivity index (χ2n) is 3.97. The fourth-order valence-electron chi connectivity index (χ4n) is 1.77. The molecule has 1 heterocycles. The Labute approximate surface area is 97.2 Å². The lowest BCUT2D eigenvalue weighted by Gasteiger charge is -2.27. The Balaban J connectivity index is 2.39. The molecule has 92 valence electrons. The number of likely N-dealkylation sites (N-methyl/N-ethyl adjacent to an activating group) is 1. The number of nitrogens with zero attached hydrogens (tertiary/aromatic N) is 3. The van der Waals surface area contributed by atoms with Gasteiger partial charge in [0.1, 0.15) is 0 Å². The number of hydrogen-bond acceptors (Lipinski definition) is 4. The van der Waals surface area contributed by atoms with E-state index < -0.39 is 0 Å². The third-order valence-electron chi connectivity index (χ3n) is 2.71. The monoisotopic (exact) mass is 226 g/mol. The molecule has 2 N–H and O–H groups in total. The summed E-state index contributed by atoms with van der Waals surface area (Å²) in [6, 6.07) is 0.433. The van der Waals surface area contributed by atoms with Crippen LogP contribution in [0.4, 0.5) is 5.69 Å². The molecule has 0 amide bonds. The molecule has 16 heavy (non-hydrogen) atoms. The van der Waals surface area contributed by atoms with E-state index in [1.54, 1.807) is 13.3 Å². The van der Waals surface area contributed by atoms with Crippen molar-refractivity contribution in [2.75, 3.05) is 32.5 Å².